The van der Waals surface area contributed by atoms with Gasteiger partial charge in [-0.05, 0) is 49.5 Å². The predicted molar refractivity (Wildman–Crippen MR) is 101 cm³/mol. The molecule has 1 aromatic rings. The summed E-state index contributed by atoms with van der Waals surface area (Å²) >= 11 is 0. The van der Waals surface area contributed by atoms with Crippen molar-refractivity contribution in [3.05, 3.63) is 48.0 Å². The van der Waals surface area contributed by atoms with Crippen LogP contribution in [-0.2, 0) is 20.7 Å². The highest BCUT2D eigenvalue weighted by Crippen LogP contribution is 2.35. The van der Waals surface area contributed by atoms with Gasteiger partial charge >= 0.3 is 0 Å². The van der Waals surface area contributed by atoms with E-state index in [1.807, 2.05) is 18.2 Å². The van der Waals surface area contributed by atoms with Crippen molar-refractivity contribution >= 4 is 6.29 Å². The van der Waals surface area contributed by atoms with E-state index in [-0.39, 0.29) is 30.3 Å². The van der Waals surface area contributed by atoms with Crippen molar-refractivity contribution in [1.82, 2.24) is 0 Å². The molecule has 1 aliphatic carbocycles. The molecule has 1 aliphatic heterocycles. The Bertz CT molecular complexity index is 565. The van der Waals surface area contributed by atoms with Crippen molar-refractivity contribution in [3.8, 4) is 0 Å². The predicted octanol–water partition coefficient (Wildman–Crippen LogP) is 3.67. The first-order valence-corrected chi connectivity index (χ1v) is 9.87. The molecule has 1 aromatic carbocycles. The summed E-state index contributed by atoms with van der Waals surface area (Å²) in [6.45, 7) is 0.767. The van der Waals surface area contributed by atoms with Crippen LogP contribution in [0.15, 0.2) is 42.5 Å². The molecule has 0 bridgehead atoms. The highest BCUT2D eigenvalue weighted by molar-refractivity contribution is 5.50. The van der Waals surface area contributed by atoms with Crippen LogP contribution in [-0.4, -0.2) is 36.5 Å². The van der Waals surface area contributed by atoms with Crippen molar-refractivity contribution < 1.29 is 19.4 Å². The molecule has 26 heavy (non-hydrogen) atoms. The van der Waals surface area contributed by atoms with Crippen LogP contribution in [0.4, 0.5) is 0 Å². The lowest BCUT2D eigenvalue weighted by Crippen LogP contribution is -2.28. The minimum atomic E-state index is -0.370. The van der Waals surface area contributed by atoms with E-state index in [4.69, 9.17) is 9.47 Å². The van der Waals surface area contributed by atoms with Gasteiger partial charge in [-0.2, -0.15) is 0 Å². The highest BCUT2D eigenvalue weighted by atomic mass is 16.7. The number of hydrogen-bond acceptors (Lipinski definition) is 4. The molecule has 1 saturated carbocycles. The second kappa shape index (κ2) is 10.0. The van der Waals surface area contributed by atoms with E-state index < -0.39 is 0 Å². The Hall–Kier alpha value is -1.49. The van der Waals surface area contributed by atoms with Gasteiger partial charge in [-0.1, -0.05) is 42.5 Å². The van der Waals surface area contributed by atoms with Gasteiger partial charge in [0.25, 0.3) is 0 Å². The zero-order chi connectivity index (χ0) is 18.2. The van der Waals surface area contributed by atoms with E-state index >= 15 is 0 Å². The Balaban J connectivity index is 1.66. The summed E-state index contributed by atoms with van der Waals surface area (Å²) in [5.74, 6) is 0.274. The van der Waals surface area contributed by atoms with Gasteiger partial charge in [0.15, 0.2) is 6.29 Å². The first-order chi connectivity index (χ1) is 12.8. The summed E-state index contributed by atoms with van der Waals surface area (Å²) in [7, 11) is 0. The molecule has 0 aromatic heterocycles. The molecule has 3 rings (SSSR count). The minimum Gasteiger partial charge on any atom is -0.393 e. The summed E-state index contributed by atoms with van der Waals surface area (Å²) in [5, 5.41) is 10.1. The Morgan fingerprint density at radius 1 is 1.19 bits per heavy atom. The van der Waals surface area contributed by atoms with Crippen LogP contribution in [0.3, 0.4) is 0 Å². The van der Waals surface area contributed by atoms with Crippen LogP contribution in [0, 0.1) is 11.8 Å². The standard InChI is InChI=1S/C22H30O4/c23-14-13-20-18(10-12-21(20)24)9-11-19(16-17-6-2-1-3-7-17)26-22-8-4-5-15-25-22/h1-3,6-7,9,11,14,18-22,24H,4-5,8,10,12-13,15-16H2. The van der Waals surface area contributed by atoms with E-state index in [9.17, 15) is 9.90 Å². The Kier molecular flexibility index (Phi) is 7.42. The molecule has 0 spiro atoms. The SMILES string of the molecule is O=CCC1C(O)CCC1C=CC(Cc1ccccc1)OC1CCCCO1. The van der Waals surface area contributed by atoms with Gasteiger partial charge in [0.2, 0.25) is 0 Å². The molecule has 4 nitrogen and oxygen atoms in total. The third-order valence-electron chi connectivity index (χ3n) is 5.53. The minimum absolute atomic E-state index is 0.0343. The fourth-order valence-electron chi connectivity index (χ4n) is 4.05. The third-order valence-corrected chi connectivity index (χ3v) is 5.53. The number of aliphatic hydroxyl groups is 1. The lowest BCUT2D eigenvalue weighted by atomic mass is 9.91. The van der Waals surface area contributed by atoms with Crippen molar-refractivity contribution in [1.29, 1.82) is 0 Å². The van der Waals surface area contributed by atoms with E-state index in [2.05, 4.69) is 24.3 Å². The van der Waals surface area contributed by atoms with Gasteiger partial charge in [0.05, 0.1) is 12.2 Å². The molecular formula is C22H30O4. The van der Waals surface area contributed by atoms with Gasteiger partial charge < -0.3 is 19.4 Å². The fourth-order valence-corrected chi connectivity index (χ4v) is 4.05. The summed E-state index contributed by atoms with van der Waals surface area (Å²) in [6, 6.07) is 10.3. The largest absolute Gasteiger partial charge is 0.393 e. The number of aliphatic hydroxyl groups excluding tert-OH is 1. The van der Waals surface area contributed by atoms with Crippen LogP contribution < -0.4 is 0 Å². The molecule has 5 atom stereocenters. The number of benzene rings is 1. The Morgan fingerprint density at radius 2 is 2.04 bits per heavy atom. The molecule has 5 unspecified atom stereocenters. The molecule has 4 heteroatoms. The number of hydrogen-bond donors (Lipinski definition) is 1. The van der Waals surface area contributed by atoms with Crippen LogP contribution in [0.5, 0.6) is 0 Å². The van der Waals surface area contributed by atoms with Crippen LogP contribution >= 0.6 is 0 Å². The van der Waals surface area contributed by atoms with Gasteiger partial charge in [0, 0.05) is 19.4 Å². The number of ether oxygens (including phenoxy) is 2. The molecule has 0 radical (unpaired) electrons. The molecule has 1 heterocycles. The second-order valence-corrected chi connectivity index (χ2v) is 7.42. The number of rotatable bonds is 8. The molecule has 0 amide bonds. The monoisotopic (exact) mass is 358 g/mol. The first-order valence-electron chi connectivity index (χ1n) is 9.87. The van der Waals surface area contributed by atoms with Gasteiger partial charge in [-0.3, -0.25) is 0 Å². The normalized spacial score (nSPS) is 30.5. The number of carbonyl (C=O) groups is 1. The quantitative estimate of drug-likeness (QED) is 0.569. The number of aldehydes is 1. The first kappa shape index (κ1) is 19.3. The van der Waals surface area contributed by atoms with Crippen molar-refractivity contribution in [2.75, 3.05) is 6.61 Å². The van der Waals surface area contributed by atoms with Gasteiger partial charge in [-0.25, -0.2) is 0 Å². The summed E-state index contributed by atoms with van der Waals surface area (Å²) in [5.41, 5.74) is 1.23. The highest BCUT2D eigenvalue weighted by Gasteiger charge is 2.33. The number of carbonyl (C=O) groups excluding carboxylic acids is 1. The van der Waals surface area contributed by atoms with E-state index in [0.29, 0.717) is 6.42 Å². The van der Waals surface area contributed by atoms with Gasteiger partial charge in [-0.15, -0.1) is 0 Å². The van der Waals surface area contributed by atoms with Crippen LogP contribution in [0.25, 0.3) is 0 Å². The molecule has 142 valence electrons. The van der Waals surface area contributed by atoms with Crippen LogP contribution in [0.2, 0.25) is 0 Å². The Labute approximate surface area is 156 Å². The molecule has 1 N–H and O–H groups in total. The number of allylic oxidation sites excluding steroid dienone is 1. The lowest BCUT2D eigenvalue weighted by Gasteiger charge is -2.27. The lowest BCUT2D eigenvalue weighted by molar-refractivity contribution is -0.178. The maximum atomic E-state index is 10.9. The summed E-state index contributed by atoms with van der Waals surface area (Å²) < 4.78 is 12.0. The van der Waals surface area contributed by atoms with Crippen LogP contribution in [0.1, 0.15) is 44.1 Å². The Morgan fingerprint density at radius 3 is 2.77 bits per heavy atom. The zero-order valence-electron chi connectivity index (χ0n) is 15.3. The third kappa shape index (κ3) is 5.50. The molecule has 1 saturated heterocycles. The average molecular weight is 358 g/mol. The fraction of sp³-hybridized carbons (Fsp3) is 0.591. The van der Waals surface area contributed by atoms with E-state index in [1.165, 1.54) is 5.56 Å². The zero-order valence-corrected chi connectivity index (χ0v) is 15.3. The molecule has 2 fully saturated rings. The summed E-state index contributed by atoms with van der Waals surface area (Å²) in [6.07, 6.45) is 10.7. The topological polar surface area (TPSA) is 55.8 Å². The molecular weight excluding hydrogens is 328 g/mol. The van der Waals surface area contributed by atoms with E-state index in [1.54, 1.807) is 0 Å². The molecule has 2 aliphatic rings. The van der Waals surface area contributed by atoms with Crippen molar-refractivity contribution in [2.24, 2.45) is 11.8 Å². The second-order valence-electron chi connectivity index (χ2n) is 7.42. The maximum absolute atomic E-state index is 10.9. The van der Waals surface area contributed by atoms with Crippen molar-refractivity contribution in [3.63, 3.8) is 0 Å². The van der Waals surface area contributed by atoms with E-state index in [0.717, 1.165) is 51.4 Å². The van der Waals surface area contributed by atoms with Gasteiger partial charge in [0.1, 0.15) is 6.29 Å². The maximum Gasteiger partial charge on any atom is 0.158 e. The summed E-state index contributed by atoms with van der Waals surface area (Å²) in [4.78, 5) is 10.9. The smallest absolute Gasteiger partial charge is 0.158 e. The van der Waals surface area contributed by atoms with Crippen molar-refractivity contribution in [2.45, 2.75) is 63.4 Å². The average Bonchev–Trinajstić information content (AvgIpc) is 3.02.